The van der Waals surface area contributed by atoms with Gasteiger partial charge in [0.15, 0.2) is 5.75 Å². The molecule has 0 fully saturated rings. The van der Waals surface area contributed by atoms with Crippen LogP contribution in [-0.4, -0.2) is 16.7 Å². The summed E-state index contributed by atoms with van der Waals surface area (Å²) in [5.41, 5.74) is 3.04. The van der Waals surface area contributed by atoms with Gasteiger partial charge in [-0.05, 0) is 31.0 Å². The molecule has 0 aliphatic rings. The van der Waals surface area contributed by atoms with Crippen molar-refractivity contribution in [3.05, 3.63) is 28.6 Å². The van der Waals surface area contributed by atoms with Crippen LogP contribution in [0, 0.1) is 13.8 Å². The van der Waals surface area contributed by atoms with E-state index in [4.69, 9.17) is 4.74 Å². The molecule has 1 heterocycles. The molecule has 0 saturated heterocycles. The van der Waals surface area contributed by atoms with Crippen molar-refractivity contribution in [1.29, 1.82) is 0 Å². The topological polar surface area (TPSA) is 46.2 Å². The Morgan fingerprint density at radius 3 is 2.56 bits per heavy atom. The Balaban J connectivity index is 2.64. The van der Waals surface area contributed by atoms with Gasteiger partial charge in [-0.2, -0.15) is 0 Å². The summed E-state index contributed by atoms with van der Waals surface area (Å²) in [6.45, 7) is 4.04. The van der Waals surface area contributed by atoms with Gasteiger partial charge in [-0.1, -0.05) is 0 Å². The van der Waals surface area contributed by atoms with E-state index in [2.05, 4.69) is 4.49 Å². The minimum absolute atomic E-state index is 0.117. The molecule has 16 heavy (non-hydrogen) atoms. The van der Waals surface area contributed by atoms with E-state index in [1.54, 1.807) is 12.5 Å². The Morgan fingerprint density at radius 1 is 1.31 bits per heavy atom. The maximum atomic E-state index is 9.64. The lowest BCUT2D eigenvalue weighted by Crippen LogP contribution is -2.32. The molecule has 1 aromatic heterocycles. The Morgan fingerprint density at radius 2 is 2.00 bits per heavy atom. The molecule has 84 valence electrons. The maximum Gasteiger partial charge on any atom is 0.410 e. The molecule has 1 N–H and O–H groups in total. The Bertz CT molecular complexity index is 523. The van der Waals surface area contributed by atoms with E-state index < -0.39 is 0 Å². The van der Waals surface area contributed by atoms with Crippen LogP contribution in [0.25, 0.3) is 5.69 Å². The molecule has 0 spiro atoms. The van der Waals surface area contributed by atoms with Crippen molar-refractivity contribution in [2.45, 2.75) is 13.8 Å². The van der Waals surface area contributed by atoms with Crippen LogP contribution in [0.15, 0.2) is 17.5 Å². The Kier molecular flexibility index (Phi) is 2.78. The standard InChI is InChI=1S/C11H12N2O2S/c1-7-4-9(10(15-3)5-8(7)2)13-11(14)6-16-12-13/h4-6H,1-3H3/p+1. The molecule has 0 aliphatic carbocycles. The van der Waals surface area contributed by atoms with E-state index in [1.165, 1.54) is 16.2 Å². The monoisotopic (exact) mass is 237 g/mol. The van der Waals surface area contributed by atoms with Gasteiger partial charge < -0.3 is 9.84 Å². The van der Waals surface area contributed by atoms with Gasteiger partial charge in [-0.3, -0.25) is 0 Å². The van der Waals surface area contributed by atoms with Gasteiger partial charge in [0.05, 0.1) is 11.6 Å². The predicted octanol–water partition coefficient (Wildman–Crippen LogP) is 1.75. The van der Waals surface area contributed by atoms with Crippen LogP contribution in [0.1, 0.15) is 11.1 Å². The molecule has 0 bridgehead atoms. The zero-order chi connectivity index (χ0) is 11.7. The molecular formula is C11H13N2O2S+. The van der Waals surface area contributed by atoms with Crippen LogP contribution >= 0.6 is 11.5 Å². The van der Waals surface area contributed by atoms with Crippen molar-refractivity contribution >= 4 is 11.5 Å². The van der Waals surface area contributed by atoms with Gasteiger partial charge in [0.2, 0.25) is 0 Å². The van der Waals surface area contributed by atoms with Crippen LogP contribution in [0.5, 0.6) is 11.6 Å². The minimum Gasteiger partial charge on any atom is -0.490 e. The smallest absolute Gasteiger partial charge is 0.410 e. The minimum atomic E-state index is 0.117. The fraction of sp³-hybridized carbons (Fsp3) is 0.273. The maximum absolute atomic E-state index is 9.64. The molecule has 1 aromatic carbocycles. The second kappa shape index (κ2) is 4.09. The number of hydrogen-bond acceptors (Lipinski definition) is 4. The van der Waals surface area contributed by atoms with E-state index in [1.807, 2.05) is 26.0 Å². The summed E-state index contributed by atoms with van der Waals surface area (Å²) in [4.78, 5) is 0. The summed E-state index contributed by atoms with van der Waals surface area (Å²) < 4.78 is 10.9. The number of aryl methyl sites for hydroxylation is 2. The quantitative estimate of drug-likeness (QED) is 0.809. The molecule has 5 heteroatoms. The molecule has 0 saturated carbocycles. The van der Waals surface area contributed by atoms with Crippen molar-refractivity contribution in [1.82, 2.24) is 4.49 Å². The molecule has 2 rings (SSSR count). The van der Waals surface area contributed by atoms with Crippen molar-refractivity contribution in [3.63, 3.8) is 0 Å². The molecule has 0 radical (unpaired) electrons. The first-order valence-corrected chi connectivity index (χ1v) is 5.68. The fourth-order valence-electron chi connectivity index (χ4n) is 1.48. The lowest BCUT2D eigenvalue weighted by Gasteiger charge is -2.05. The van der Waals surface area contributed by atoms with E-state index in [9.17, 15) is 5.11 Å². The van der Waals surface area contributed by atoms with Gasteiger partial charge in [0.25, 0.3) is 5.69 Å². The SMILES string of the molecule is COc1cc(C)c(C)cc1-[n+]1nscc1O. The number of nitrogens with zero attached hydrogens (tertiary/aromatic N) is 2. The summed E-state index contributed by atoms with van der Waals surface area (Å²) in [7, 11) is 1.61. The van der Waals surface area contributed by atoms with Crippen LogP contribution in [0.4, 0.5) is 0 Å². The molecule has 2 aromatic rings. The lowest BCUT2D eigenvalue weighted by molar-refractivity contribution is -0.657. The Labute approximate surface area is 97.9 Å². The van der Waals surface area contributed by atoms with Gasteiger partial charge >= 0.3 is 5.88 Å². The fourth-order valence-corrected chi connectivity index (χ4v) is 1.99. The third-order valence-corrected chi connectivity index (χ3v) is 3.10. The average Bonchev–Trinajstić information content (AvgIpc) is 2.68. The zero-order valence-electron chi connectivity index (χ0n) is 9.39. The normalized spacial score (nSPS) is 10.4. The number of hydrogen-bond donors (Lipinski definition) is 1. The molecule has 0 unspecified atom stereocenters. The summed E-state index contributed by atoms with van der Waals surface area (Å²) in [6.07, 6.45) is 0. The second-order valence-corrected chi connectivity index (χ2v) is 4.19. The average molecular weight is 237 g/mol. The predicted molar refractivity (Wildman–Crippen MR) is 61.3 cm³/mol. The molecule has 4 nitrogen and oxygen atoms in total. The van der Waals surface area contributed by atoms with Crippen molar-refractivity contribution in [2.24, 2.45) is 0 Å². The molecule has 0 aliphatic heterocycles. The first-order chi connectivity index (χ1) is 7.63. The first kappa shape index (κ1) is 10.9. The summed E-state index contributed by atoms with van der Waals surface area (Å²) in [5, 5.41) is 11.2. The molecule has 0 atom stereocenters. The third kappa shape index (κ3) is 1.74. The largest absolute Gasteiger partial charge is 0.490 e. The van der Waals surface area contributed by atoms with Crippen LogP contribution in [-0.2, 0) is 0 Å². The number of benzene rings is 1. The third-order valence-electron chi connectivity index (χ3n) is 2.53. The highest BCUT2D eigenvalue weighted by Crippen LogP contribution is 2.24. The number of ether oxygens (including phenoxy) is 1. The lowest BCUT2D eigenvalue weighted by atomic mass is 10.1. The highest BCUT2D eigenvalue weighted by atomic mass is 32.1. The van der Waals surface area contributed by atoms with Crippen LogP contribution in [0.2, 0.25) is 0 Å². The van der Waals surface area contributed by atoms with Gasteiger partial charge in [-0.15, -0.1) is 0 Å². The van der Waals surface area contributed by atoms with E-state index >= 15 is 0 Å². The van der Waals surface area contributed by atoms with Gasteiger partial charge in [0.1, 0.15) is 5.38 Å². The van der Waals surface area contributed by atoms with Gasteiger partial charge in [-0.25, -0.2) is 0 Å². The number of methoxy groups -OCH3 is 1. The van der Waals surface area contributed by atoms with Gasteiger partial charge in [0, 0.05) is 22.3 Å². The summed E-state index contributed by atoms with van der Waals surface area (Å²) in [6, 6.07) is 3.89. The highest BCUT2D eigenvalue weighted by Gasteiger charge is 2.22. The van der Waals surface area contributed by atoms with Crippen LogP contribution in [0.3, 0.4) is 0 Å². The summed E-state index contributed by atoms with van der Waals surface area (Å²) in [5.74, 6) is 0.820. The van der Waals surface area contributed by atoms with E-state index in [0.29, 0.717) is 5.75 Å². The molecule has 0 amide bonds. The number of aromatic nitrogens is 2. The van der Waals surface area contributed by atoms with Crippen LogP contribution < -0.4 is 9.42 Å². The first-order valence-electron chi connectivity index (χ1n) is 4.84. The van der Waals surface area contributed by atoms with Crippen molar-refractivity contribution in [3.8, 4) is 17.3 Å². The second-order valence-electron chi connectivity index (χ2n) is 3.58. The van der Waals surface area contributed by atoms with E-state index in [0.717, 1.165) is 16.8 Å². The zero-order valence-corrected chi connectivity index (χ0v) is 10.2. The van der Waals surface area contributed by atoms with Crippen molar-refractivity contribution < 1.29 is 14.5 Å². The molecular weight excluding hydrogens is 224 g/mol. The number of rotatable bonds is 2. The summed E-state index contributed by atoms with van der Waals surface area (Å²) >= 11 is 1.20. The Hall–Kier alpha value is -1.62. The highest BCUT2D eigenvalue weighted by molar-refractivity contribution is 7.03. The van der Waals surface area contributed by atoms with Crippen molar-refractivity contribution in [2.75, 3.05) is 7.11 Å². The number of aromatic hydroxyl groups is 1. The van der Waals surface area contributed by atoms with E-state index in [-0.39, 0.29) is 5.88 Å².